The average molecular weight is 528 g/mol. The number of nitro groups is 1. The van der Waals surface area contributed by atoms with E-state index in [1.54, 1.807) is 22.8 Å². The van der Waals surface area contributed by atoms with E-state index in [9.17, 15) is 14.9 Å². The number of hydrogen-bond donors (Lipinski definition) is 1. The zero-order valence-corrected chi connectivity index (χ0v) is 20.8. The maximum absolute atomic E-state index is 12.7. The number of nitro benzene ring substituents is 1. The van der Waals surface area contributed by atoms with Gasteiger partial charge in [-0.15, -0.1) is 10.2 Å². The zero-order valence-electron chi connectivity index (χ0n) is 18.4. The van der Waals surface area contributed by atoms with Gasteiger partial charge in [-0.05, 0) is 48.4 Å². The Balaban J connectivity index is 1.61. The second kappa shape index (κ2) is 10.9. The summed E-state index contributed by atoms with van der Waals surface area (Å²) in [7, 11) is 0. The molecule has 8 nitrogen and oxygen atoms in total. The van der Waals surface area contributed by atoms with Crippen molar-refractivity contribution in [1.29, 1.82) is 0 Å². The van der Waals surface area contributed by atoms with Gasteiger partial charge in [0.05, 0.1) is 11.5 Å². The quantitative estimate of drug-likeness (QED) is 0.171. The number of carbonyl (C=O) groups is 1. The molecule has 0 saturated heterocycles. The maximum Gasteiger partial charge on any atom is 0.269 e. The van der Waals surface area contributed by atoms with Gasteiger partial charge in [0, 0.05) is 39.2 Å². The fraction of sp³-hybridized carbons (Fsp3) is 0.125. The zero-order chi connectivity index (χ0) is 24.9. The Bertz CT molecular complexity index is 1370. The first-order valence-electron chi connectivity index (χ1n) is 10.4. The predicted molar refractivity (Wildman–Crippen MR) is 136 cm³/mol. The number of amides is 1. The monoisotopic (exact) mass is 527 g/mol. The fourth-order valence-corrected chi connectivity index (χ4v) is 4.92. The summed E-state index contributed by atoms with van der Waals surface area (Å²) in [6.07, 6.45) is 0. The largest absolute Gasteiger partial charge is 0.345 e. The van der Waals surface area contributed by atoms with E-state index in [0.29, 0.717) is 38.0 Å². The molecule has 4 rings (SSSR count). The summed E-state index contributed by atoms with van der Waals surface area (Å²) in [5, 5.41) is 23.8. The van der Waals surface area contributed by atoms with Crippen molar-refractivity contribution in [3.05, 3.63) is 109 Å². The number of hydrogen-bond acceptors (Lipinski definition) is 6. The normalized spacial score (nSPS) is 10.8. The van der Waals surface area contributed by atoms with E-state index in [0.717, 1.165) is 11.1 Å². The summed E-state index contributed by atoms with van der Waals surface area (Å²) in [5.41, 5.74) is 3.25. The average Bonchev–Trinajstić information content (AvgIpc) is 3.24. The number of carbonyl (C=O) groups excluding carboxylic acids is 1. The molecule has 4 aromatic rings. The van der Waals surface area contributed by atoms with Gasteiger partial charge in [0.2, 0.25) is 0 Å². The van der Waals surface area contributed by atoms with Crippen LogP contribution in [0.5, 0.6) is 0 Å². The second-order valence-corrected chi connectivity index (χ2v) is 9.38. The summed E-state index contributed by atoms with van der Waals surface area (Å²) >= 11 is 13.5. The molecule has 1 N–H and O–H groups in total. The van der Waals surface area contributed by atoms with E-state index in [2.05, 4.69) is 15.5 Å². The van der Waals surface area contributed by atoms with E-state index in [1.807, 2.05) is 31.2 Å². The number of non-ortho nitro benzene ring substituents is 1. The highest BCUT2D eigenvalue weighted by Gasteiger charge is 2.18. The van der Waals surface area contributed by atoms with Crippen LogP contribution in [0.15, 0.2) is 71.9 Å². The molecule has 0 radical (unpaired) electrons. The second-order valence-electron chi connectivity index (χ2n) is 7.56. The molecule has 0 aliphatic rings. The Morgan fingerprint density at radius 3 is 2.40 bits per heavy atom. The SMILES string of the molecule is Cc1ccccc1CSc1nnc(CNC(=O)c2cc(Cl)cc(Cl)c2)n1-c1ccc([N+](=O)[O-])cc1. The number of halogens is 2. The van der Waals surface area contributed by atoms with E-state index in [1.165, 1.54) is 36.0 Å². The Labute approximate surface area is 215 Å². The van der Waals surface area contributed by atoms with Crippen LogP contribution in [0.3, 0.4) is 0 Å². The molecular formula is C24H19Cl2N5O3S. The van der Waals surface area contributed by atoms with Gasteiger partial charge in [-0.1, -0.05) is 59.2 Å². The van der Waals surface area contributed by atoms with Crippen molar-refractivity contribution in [3.8, 4) is 5.69 Å². The molecule has 0 aliphatic heterocycles. The molecule has 1 amide bonds. The van der Waals surface area contributed by atoms with Crippen LogP contribution in [-0.4, -0.2) is 25.6 Å². The molecule has 178 valence electrons. The van der Waals surface area contributed by atoms with Gasteiger partial charge in [0.25, 0.3) is 11.6 Å². The van der Waals surface area contributed by atoms with E-state index in [4.69, 9.17) is 23.2 Å². The molecule has 1 heterocycles. The van der Waals surface area contributed by atoms with Crippen molar-refractivity contribution >= 4 is 46.6 Å². The number of rotatable bonds is 8. The first-order valence-corrected chi connectivity index (χ1v) is 12.2. The Kier molecular flexibility index (Phi) is 7.70. The van der Waals surface area contributed by atoms with Crippen LogP contribution >= 0.6 is 35.0 Å². The molecule has 0 saturated carbocycles. The number of aryl methyl sites for hydroxylation is 1. The molecule has 35 heavy (non-hydrogen) atoms. The van der Waals surface area contributed by atoms with Crippen molar-refractivity contribution < 1.29 is 9.72 Å². The highest BCUT2D eigenvalue weighted by molar-refractivity contribution is 7.98. The molecule has 3 aromatic carbocycles. The van der Waals surface area contributed by atoms with Crippen molar-refractivity contribution in [2.75, 3.05) is 0 Å². The van der Waals surface area contributed by atoms with Gasteiger partial charge in [0.1, 0.15) is 0 Å². The molecule has 0 unspecified atom stereocenters. The molecule has 1 aromatic heterocycles. The number of aromatic nitrogens is 3. The molecule has 0 bridgehead atoms. The van der Waals surface area contributed by atoms with Gasteiger partial charge in [-0.3, -0.25) is 19.5 Å². The van der Waals surface area contributed by atoms with Crippen LogP contribution < -0.4 is 5.32 Å². The Morgan fingerprint density at radius 2 is 1.74 bits per heavy atom. The highest BCUT2D eigenvalue weighted by atomic mass is 35.5. The third-order valence-corrected chi connectivity index (χ3v) is 6.58. The molecule has 0 atom stereocenters. The number of benzene rings is 3. The highest BCUT2D eigenvalue weighted by Crippen LogP contribution is 2.27. The first kappa shape index (κ1) is 24.7. The van der Waals surface area contributed by atoms with Crippen molar-refractivity contribution in [2.45, 2.75) is 24.4 Å². The summed E-state index contributed by atoms with van der Waals surface area (Å²) in [6, 6.07) is 18.7. The van der Waals surface area contributed by atoms with Gasteiger partial charge >= 0.3 is 0 Å². The van der Waals surface area contributed by atoms with Crippen LogP contribution in [0.1, 0.15) is 27.3 Å². The van der Waals surface area contributed by atoms with Gasteiger partial charge in [0.15, 0.2) is 11.0 Å². The Morgan fingerprint density at radius 1 is 1.06 bits per heavy atom. The van der Waals surface area contributed by atoms with Gasteiger partial charge in [-0.2, -0.15) is 0 Å². The summed E-state index contributed by atoms with van der Waals surface area (Å²) in [6.45, 7) is 2.11. The van der Waals surface area contributed by atoms with Crippen LogP contribution in [-0.2, 0) is 12.3 Å². The minimum atomic E-state index is -0.457. The van der Waals surface area contributed by atoms with Crippen LogP contribution in [0.25, 0.3) is 5.69 Å². The lowest BCUT2D eigenvalue weighted by Gasteiger charge is -2.12. The van der Waals surface area contributed by atoms with Crippen molar-refractivity contribution in [1.82, 2.24) is 20.1 Å². The molecule has 11 heteroatoms. The lowest BCUT2D eigenvalue weighted by molar-refractivity contribution is -0.384. The minimum Gasteiger partial charge on any atom is -0.345 e. The lowest BCUT2D eigenvalue weighted by Crippen LogP contribution is -2.24. The molecule has 0 spiro atoms. The number of nitrogens with zero attached hydrogens (tertiary/aromatic N) is 4. The van der Waals surface area contributed by atoms with Crippen LogP contribution in [0.2, 0.25) is 10.0 Å². The summed E-state index contributed by atoms with van der Waals surface area (Å²) in [5.74, 6) is 0.750. The van der Waals surface area contributed by atoms with E-state index in [-0.39, 0.29) is 18.1 Å². The van der Waals surface area contributed by atoms with E-state index < -0.39 is 4.92 Å². The predicted octanol–water partition coefficient (Wildman–Crippen LogP) is 6.01. The van der Waals surface area contributed by atoms with Crippen molar-refractivity contribution in [2.24, 2.45) is 0 Å². The third kappa shape index (κ3) is 6.00. The molecular weight excluding hydrogens is 509 g/mol. The standard InChI is InChI=1S/C24H19Cl2N5O3S/c1-15-4-2-3-5-16(15)14-35-24-29-28-22(30(24)20-6-8-21(9-7-20)31(33)34)13-27-23(32)17-10-18(25)12-19(26)11-17/h2-12H,13-14H2,1H3,(H,27,32). The van der Waals surface area contributed by atoms with Crippen LogP contribution in [0.4, 0.5) is 5.69 Å². The molecule has 0 aliphatic carbocycles. The van der Waals surface area contributed by atoms with E-state index >= 15 is 0 Å². The van der Waals surface area contributed by atoms with Gasteiger partial charge in [-0.25, -0.2) is 0 Å². The maximum atomic E-state index is 12.7. The lowest BCUT2D eigenvalue weighted by atomic mass is 10.1. The minimum absolute atomic E-state index is 0.0244. The fourth-order valence-electron chi connectivity index (χ4n) is 3.35. The molecule has 0 fully saturated rings. The van der Waals surface area contributed by atoms with Crippen LogP contribution in [0, 0.1) is 17.0 Å². The number of thioether (sulfide) groups is 1. The third-order valence-electron chi connectivity index (χ3n) is 5.17. The Hall–Kier alpha value is -3.40. The smallest absolute Gasteiger partial charge is 0.269 e. The topological polar surface area (TPSA) is 103 Å². The number of nitrogens with one attached hydrogen (secondary N) is 1. The van der Waals surface area contributed by atoms with Gasteiger partial charge < -0.3 is 5.32 Å². The summed E-state index contributed by atoms with van der Waals surface area (Å²) in [4.78, 5) is 23.3. The summed E-state index contributed by atoms with van der Waals surface area (Å²) < 4.78 is 1.78. The van der Waals surface area contributed by atoms with Crippen molar-refractivity contribution in [3.63, 3.8) is 0 Å². The first-order chi connectivity index (χ1) is 16.8.